The van der Waals surface area contributed by atoms with Gasteiger partial charge in [0.25, 0.3) is 5.91 Å². The number of nitrogens with one attached hydrogen (secondary N) is 1. The van der Waals surface area contributed by atoms with E-state index in [4.69, 9.17) is 17.3 Å². The fourth-order valence-electron chi connectivity index (χ4n) is 1.95. The van der Waals surface area contributed by atoms with Gasteiger partial charge in [-0.05, 0) is 24.3 Å². The molecule has 0 bridgehead atoms. The molecule has 3 N–H and O–H groups in total. The normalized spacial score (nSPS) is 10.5. The summed E-state index contributed by atoms with van der Waals surface area (Å²) in [7, 11) is 0. The van der Waals surface area contributed by atoms with Crippen molar-refractivity contribution in [2.24, 2.45) is 0 Å². The number of carbonyl (C=O) groups excluding carboxylic acids is 1. The van der Waals surface area contributed by atoms with Gasteiger partial charge in [-0.25, -0.2) is 9.97 Å². The summed E-state index contributed by atoms with van der Waals surface area (Å²) in [4.78, 5) is 20.5. The van der Waals surface area contributed by atoms with Gasteiger partial charge in [0, 0.05) is 17.3 Å². The molecule has 0 aliphatic heterocycles. The predicted molar refractivity (Wildman–Crippen MR) is 83.4 cm³/mol. The van der Waals surface area contributed by atoms with Crippen LogP contribution in [0.1, 0.15) is 10.5 Å². The van der Waals surface area contributed by atoms with Crippen LogP contribution < -0.4 is 11.1 Å². The van der Waals surface area contributed by atoms with Gasteiger partial charge in [-0.2, -0.15) is 0 Å². The van der Waals surface area contributed by atoms with Crippen LogP contribution in [0.2, 0.25) is 5.02 Å². The summed E-state index contributed by atoms with van der Waals surface area (Å²) >= 11 is 5.75. The van der Waals surface area contributed by atoms with Crippen molar-refractivity contribution >= 4 is 39.9 Å². The maximum absolute atomic E-state index is 12.2. The van der Waals surface area contributed by atoms with Crippen molar-refractivity contribution in [3.63, 3.8) is 0 Å². The highest BCUT2D eigenvalue weighted by Gasteiger charge is 2.11. The first-order chi connectivity index (χ1) is 10.1. The van der Waals surface area contributed by atoms with E-state index in [1.807, 2.05) is 24.3 Å². The van der Waals surface area contributed by atoms with Gasteiger partial charge >= 0.3 is 0 Å². The summed E-state index contributed by atoms with van der Waals surface area (Å²) in [5.74, 6) is 0.0280. The summed E-state index contributed by atoms with van der Waals surface area (Å²) in [6.07, 6.45) is 1.46. The number of halogens is 1. The van der Waals surface area contributed by atoms with Crippen LogP contribution in [0.25, 0.3) is 10.9 Å². The molecule has 3 rings (SSSR count). The van der Waals surface area contributed by atoms with Crippen molar-refractivity contribution in [1.82, 2.24) is 9.97 Å². The van der Waals surface area contributed by atoms with Gasteiger partial charge in [0.05, 0.1) is 10.5 Å². The number of anilines is 2. The Morgan fingerprint density at radius 2 is 2.00 bits per heavy atom. The second-order valence-electron chi connectivity index (χ2n) is 4.43. The molecule has 2 heterocycles. The van der Waals surface area contributed by atoms with Crippen LogP contribution in [0.5, 0.6) is 0 Å². The number of fused-ring (bicyclic) bond motifs is 1. The Kier molecular flexibility index (Phi) is 3.41. The summed E-state index contributed by atoms with van der Waals surface area (Å²) in [6.45, 7) is 0. The van der Waals surface area contributed by atoms with Gasteiger partial charge in [0.1, 0.15) is 11.5 Å². The maximum Gasteiger partial charge on any atom is 0.275 e. The van der Waals surface area contributed by atoms with E-state index in [0.29, 0.717) is 22.0 Å². The molecule has 21 heavy (non-hydrogen) atoms. The number of aromatic nitrogens is 2. The van der Waals surface area contributed by atoms with Gasteiger partial charge in [-0.15, -0.1) is 0 Å². The third-order valence-corrected chi connectivity index (χ3v) is 3.17. The zero-order chi connectivity index (χ0) is 14.8. The molecule has 0 fully saturated rings. The SMILES string of the molecule is Nc1cc(C(=O)Nc2ccc(Cl)cn2)nc2ccccc12. The van der Waals surface area contributed by atoms with Gasteiger partial charge in [0.2, 0.25) is 0 Å². The standard InChI is InChI=1S/C15H11ClN4O/c16-9-5-6-14(18-8-9)20-15(21)13-7-11(17)10-3-1-2-4-12(10)19-13/h1-8H,(H2,17,19)(H,18,20,21). The lowest BCUT2D eigenvalue weighted by Gasteiger charge is -2.07. The number of hydrogen-bond acceptors (Lipinski definition) is 4. The summed E-state index contributed by atoms with van der Waals surface area (Å²) < 4.78 is 0. The molecule has 5 nitrogen and oxygen atoms in total. The highest BCUT2D eigenvalue weighted by molar-refractivity contribution is 6.30. The number of hydrogen-bond donors (Lipinski definition) is 2. The van der Waals surface area contributed by atoms with Crippen LogP contribution in [0.15, 0.2) is 48.7 Å². The van der Waals surface area contributed by atoms with Crippen molar-refractivity contribution in [1.29, 1.82) is 0 Å². The van der Waals surface area contributed by atoms with Crippen LogP contribution >= 0.6 is 11.6 Å². The molecule has 2 aromatic heterocycles. The summed E-state index contributed by atoms with van der Waals surface area (Å²) in [6, 6.07) is 12.2. The Morgan fingerprint density at radius 1 is 1.19 bits per heavy atom. The Balaban J connectivity index is 1.92. The lowest BCUT2D eigenvalue weighted by molar-refractivity contribution is 0.102. The van der Waals surface area contributed by atoms with Crippen LogP contribution in [0.4, 0.5) is 11.5 Å². The molecular formula is C15H11ClN4O. The first-order valence-electron chi connectivity index (χ1n) is 6.21. The Labute approximate surface area is 125 Å². The molecule has 0 atom stereocenters. The number of nitrogens with zero attached hydrogens (tertiary/aromatic N) is 2. The van der Waals surface area contributed by atoms with E-state index < -0.39 is 0 Å². The van der Waals surface area contributed by atoms with Crippen LogP contribution in [0, 0.1) is 0 Å². The first kappa shape index (κ1) is 13.3. The van der Waals surface area contributed by atoms with Gasteiger partial charge in [-0.1, -0.05) is 29.8 Å². The number of para-hydroxylation sites is 1. The van der Waals surface area contributed by atoms with Crippen molar-refractivity contribution < 1.29 is 4.79 Å². The molecule has 6 heteroatoms. The molecule has 104 valence electrons. The number of rotatable bonds is 2. The van der Waals surface area contributed by atoms with E-state index in [9.17, 15) is 4.79 Å². The molecule has 0 unspecified atom stereocenters. The number of amides is 1. The molecule has 1 aromatic carbocycles. The molecule has 1 amide bonds. The van der Waals surface area contributed by atoms with E-state index in [1.165, 1.54) is 6.20 Å². The Morgan fingerprint density at radius 3 is 2.76 bits per heavy atom. The monoisotopic (exact) mass is 298 g/mol. The highest BCUT2D eigenvalue weighted by atomic mass is 35.5. The lowest BCUT2D eigenvalue weighted by atomic mass is 10.1. The maximum atomic E-state index is 12.2. The van der Waals surface area contributed by atoms with Crippen molar-refractivity contribution in [2.75, 3.05) is 11.1 Å². The van der Waals surface area contributed by atoms with Gasteiger partial charge in [-0.3, -0.25) is 4.79 Å². The van der Waals surface area contributed by atoms with E-state index in [1.54, 1.807) is 18.2 Å². The van der Waals surface area contributed by atoms with E-state index in [2.05, 4.69) is 15.3 Å². The molecular weight excluding hydrogens is 288 g/mol. The zero-order valence-electron chi connectivity index (χ0n) is 10.9. The fourth-order valence-corrected chi connectivity index (χ4v) is 2.06. The number of carbonyl (C=O) groups is 1. The highest BCUT2D eigenvalue weighted by Crippen LogP contribution is 2.20. The minimum Gasteiger partial charge on any atom is -0.398 e. The van der Waals surface area contributed by atoms with E-state index >= 15 is 0 Å². The average molecular weight is 299 g/mol. The molecule has 0 spiro atoms. The van der Waals surface area contributed by atoms with Gasteiger partial charge in [0.15, 0.2) is 0 Å². The third kappa shape index (κ3) is 2.78. The second-order valence-corrected chi connectivity index (χ2v) is 4.87. The second kappa shape index (κ2) is 5.38. The molecule has 0 aliphatic carbocycles. The molecule has 0 radical (unpaired) electrons. The largest absolute Gasteiger partial charge is 0.398 e. The number of nitrogens with two attached hydrogens (primary N) is 1. The Hall–Kier alpha value is -2.66. The minimum atomic E-state index is -0.373. The first-order valence-corrected chi connectivity index (χ1v) is 6.59. The average Bonchev–Trinajstić information content (AvgIpc) is 2.49. The Bertz CT molecular complexity index is 818. The zero-order valence-corrected chi connectivity index (χ0v) is 11.6. The molecule has 0 saturated heterocycles. The number of benzene rings is 1. The quantitative estimate of drug-likeness (QED) is 0.761. The third-order valence-electron chi connectivity index (χ3n) is 2.95. The van der Waals surface area contributed by atoms with Crippen LogP contribution in [-0.2, 0) is 0 Å². The lowest BCUT2D eigenvalue weighted by Crippen LogP contribution is -2.15. The van der Waals surface area contributed by atoms with Crippen LogP contribution in [0.3, 0.4) is 0 Å². The number of pyridine rings is 2. The molecule has 3 aromatic rings. The van der Waals surface area contributed by atoms with Crippen molar-refractivity contribution in [3.05, 3.63) is 59.4 Å². The smallest absolute Gasteiger partial charge is 0.275 e. The minimum absolute atomic E-state index is 0.239. The van der Waals surface area contributed by atoms with E-state index in [0.717, 1.165) is 5.39 Å². The molecule has 0 aliphatic rings. The topological polar surface area (TPSA) is 80.9 Å². The van der Waals surface area contributed by atoms with Gasteiger partial charge < -0.3 is 11.1 Å². The van der Waals surface area contributed by atoms with E-state index in [-0.39, 0.29) is 11.6 Å². The summed E-state index contributed by atoms with van der Waals surface area (Å²) in [5.41, 5.74) is 7.38. The summed E-state index contributed by atoms with van der Waals surface area (Å²) in [5, 5.41) is 3.97. The predicted octanol–water partition coefficient (Wildman–Crippen LogP) is 3.12. The number of nitrogen functional groups attached to an aromatic ring is 1. The molecule has 0 saturated carbocycles. The van der Waals surface area contributed by atoms with Crippen molar-refractivity contribution in [3.8, 4) is 0 Å². The van der Waals surface area contributed by atoms with Crippen molar-refractivity contribution in [2.45, 2.75) is 0 Å². The van der Waals surface area contributed by atoms with Crippen LogP contribution in [-0.4, -0.2) is 15.9 Å². The fraction of sp³-hybridized carbons (Fsp3) is 0.